The molecule has 0 spiro atoms. The van der Waals surface area contributed by atoms with Gasteiger partial charge in [0, 0.05) is 96.7 Å². The van der Waals surface area contributed by atoms with Crippen molar-refractivity contribution in [2.24, 2.45) is 0 Å². The maximum Gasteiger partial charge on any atom is 0.418 e. The summed E-state index contributed by atoms with van der Waals surface area (Å²) in [5.74, 6) is -0.861. The molecule has 0 saturated carbocycles. The number of likely N-dealkylation sites (tertiary alicyclic amines) is 2. The minimum atomic E-state index is -4.81. The number of nitrogen functional groups attached to an aromatic ring is 1. The second-order valence-corrected chi connectivity index (χ2v) is 16.2. The Hall–Kier alpha value is -4.97. The number of ether oxygens (including phenoxy) is 2. The maximum atomic E-state index is 14.2. The van der Waals surface area contributed by atoms with Gasteiger partial charge in [-0.15, -0.1) is 0 Å². The Labute approximate surface area is 346 Å². The van der Waals surface area contributed by atoms with E-state index in [-0.39, 0.29) is 66.8 Å². The molecule has 3 fully saturated rings. The summed E-state index contributed by atoms with van der Waals surface area (Å²) in [5.41, 5.74) is 5.73. The highest BCUT2D eigenvalue weighted by molar-refractivity contribution is 6.33. The number of nitrogens with two attached hydrogens (primary N) is 1. The first-order valence-corrected chi connectivity index (χ1v) is 20.3. The predicted molar refractivity (Wildman–Crippen MR) is 213 cm³/mol. The first-order valence-electron chi connectivity index (χ1n) is 19.9. The Morgan fingerprint density at radius 1 is 0.915 bits per heavy atom. The molecule has 4 aliphatic heterocycles. The van der Waals surface area contributed by atoms with E-state index in [1.54, 1.807) is 28.8 Å². The van der Waals surface area contributed by atoms with Crippen molar-refractivity contribution in [3.05, 3.63) is 58.1 Å². The number of fused-ring (bicyclic) bond motifs is 1. The fourth-order valence-corrected chi connectivity index (χ4v) is 8.60. The Kier molecular flexibility index (Phi) is 13.7. The molecule has 4 aliphatic rings. The molecule has 3 N–H and O–H groups in total. The van der Waals surface area contributed by atoms with Crippen LogP contribution in [0.3, 0.4) is 0 Å². The van der Waals surface area contributed by atoms with E-state index in [0.717, 1.165) is 17.3 Å². The number of nitrogens with zero attached hydrogens (tertiary/aromatic N) is 6. The van der Waals surface area contributed by atoms with Gasteiger partial charge in [-0.05, 0) is 68.4 Å². The van der Waals surface area contributed by atoms with E-state index >= 15 is 0 Å². The summed E-state index contributed by atoms with van der Waals surface area (Å²) >= 11 is 6.14. The van der Waals surface area contributed by atoms with Gasteiger partial charge in [0.2, 0.25) is 0 Å². The number of para-hydroxylation sites is 1. The Morgan fingerprint density at radius 2 is 1.58 bits per heavy atom. The van der Waals surface area contributed by atoms with Gasteiger partial charge in [0.05, 0.1) is 16.3 Å². The molecule has 6 rings (SSSR count). The number of carbonyl (C=O) groups is 5. The zero-order chi connectivity index (χ0) is 42.6. The number of likely N-dealkylation sites (N-methyl/N-ethyl adjacent to an activating group) is 1. The number of hydrogen-bond acceptors (Lipinski definition) is 9. The summed E-state index contributed by atoms with van der Waals surface area (Å²) in [4.78, 5) is 75.6. The molecule has 0 radical (unpaired) electrons. The number of amides is 6. The van der Waals surface area contributed by atoms with Gasteiger partial charge < -0.3 is 45.0 Å². The topological polar surface area (TPSA) is 161 Å². The average molecular weight is 849 g/mol. The van der Waals surface area contributed by atoms with Gasteiger partial charge in [0.1, 0.15) is 0 Å². The van der Waals surface area contributed by atoms with Crippen molar-refractivity contribution in [1.82, 2.24) is 29.4 Å². The van der Waals surface area contributed by atoms with Crippen LogP contribution < -0.4 is 11.1 Å². The van der Waals surface area contributed by atoms with Crippen LogP contribution in [0.25, 0.3) is 0 Å². The van der Waals surface area contributed by atoms with Crippen molar-refractivity contribution in [1.29, 1.82) is 0 Å². The van der Waals surface area contributed by atoms with E-state index in [0.29, 0.717) is 71.4 Å². The number of halogens is 4. The molecular weight excluding hydrogens is 797 g/mol. The van der Waals surface area contributed by atoms with Gasteiger partial charge in [0.15, 0.2) is 12.7 Å². The lowest BCUT2D eigenvalue weighted by Gasteiger charge is -2.46. The van der Waals surface area contributed by atoms with Gasteiger partial charge in [0.25, 0.3) is 11.8 Å². The quantitative estimate of drug-likeness (QED) is 0.357. The smallest absolute Gasteiger partial charge is 0.418 e. The lowest BCUT2D eigenvalue weighted by atomic mass is 9.98. The van der Waals surface area contributed by atoms with Gasteiger partial charge in [-0.25, -0.2) is 14.4 Å². The third-order valence-electron chi connectivity index (χ3n) is 11.7. The highest BCUT2D eigenvalue weighted by atomic mass is 35.5. The fourth-order valence-electron chi connectivity index (χ4n) is 8.36. The molecule has 59 heavy (non-hydrogen) atoms. The molecule has 2 unspecified atom stereocenters. The van der Waals surface area contributed by atoms with Crippen LogP contribution in [0.5, 0.6) is 0 Å². The number of urea groups is 1. The summed E-state index contributed by atoms with van der Waals surface area (Å²) < 4.78 is 52.8. The molecule has 0 bridgehead atoms. The van der Waals surface area contributed by atoms with Crippen molar-refractivity contribution in [3.63, 3.8) is 0 Å². The SMILES string of the molecule is CC1CN(C(=O)OCC(=O)N(C)C)CCN1C1CCN(C(=O)C(Cc2cc(Cl)c(N)c(C(F)(F)F)c2)OC(=O)N2CCC(N3CCc4ccccc4NC3=O)CC2)CC1. The van der Waals surface area contributed by atoms with Crippen LogP contribution in [0.1, 0.15) is 49.3 Å². The fraction of sp³-hybridized carbons (Fsp3) is 0.575. The van der Waals surface area contributed by atoms with Crippen LogP contribution in [0.4, 0.5) is 38.9 Å². The minimum Gasteiger partial charge on any atom is -0.439 e. The highest BCUT2D eigenvalue weighted by Crippen LogP contribution is 2.38. The Morgan fingerprint density at radius 3 is 2.24 bits per heavy atom. The van der Waals surface area contributed by atoms with E-state index in [1.165, 1.54) is 15.9 Å². The van der Waals surface area contributed by atoms with Gasteiger partial charge >= 0.3 is 24.4 Å². The summed E-state index contributed by atoms with van der Waals surface area (Å²) in [6.07, 6.45) is -5.20. The molecular formula is C40H52ClF3N8O7. The maximum absolute atomic E-state index is 14.2. The first-order chi connectivity index (χ1) is 28.0. The summed E-state index contributed by atoms with van der Waals surface area (Å²) in [7, 11) is 3.16. The lowest BCUT2D eigenvalue weighted by molar-refractivity contribution is -0.142. The molecule has 15 nitrogen and oxygen atoms in total. The van der Waals surface area contributed by atoms with Crippen LogP contribution in [-0.2, 0) is 38.1 Å². The molecule has 0 aliphatic carbocycles. The molecule has 2 atom stereocenters. The van der Waals surface area contributed by atoms with Gasteiger partial charge in [-0.1, -0.05) is 29.8 Å². The molecule has 322 valence electrons. The third-order valence-corrected chi connectivity index (χ3v) is 12.1. The minimum absolute atomic E-state index is 0.0285. The molecule has 0 aromatic heterocycles. The van der Waals surface area contributed by atoms with Gasteiger partial charge in [-0.3, -0.25) is 14.5 Å². The third kappa shape index (κ3) is 10.4. The molecule has 2 aromatic rings. The zero-order valence-corrected chi connectivity index (χ0v) is 34.3. The van der Waals surface area contributed by atoms with E-state index in [2.05, 4.69) is 10.2 Å². The van der Waals surface area contributed by atoms with E-state index < -0.39 is 41.6 Å². The number of carbonyl (C=O) groups excluding carboxylic acids is 5. The summed E-state index contributed by atoms with van der Waals surface area (Å²) in [5, 5.41) is 2.64. The molecule has 6 amide bonds. The number of anilines is 2. The second kappa shape index (κ2) is 18.5. The average Bonchev–Trinajstić information content (AvgIpc) is 3.38. The Bertz CT molecular complexity index is 1890. The van der Waals surface area contributed by atoms with E-state index in [9.17, 15) is 37.1 Å². The highest BCUT2D eigenvalue weighted by Gasteiger charge is 2.39. The second-order valence-electron chi connectivity index (χ2n) is 15.8. The van der Waals surface area contributed by atoms with Crippen molar-refractivity contribution >= 4 is 53.0 Å². The Balaban J connectivity index is 1.08. The van der Waals surface area contributed by atoms with Crippen LogP contribution in [0.2, 0.25) is 5.02 Å². The monoisotopic (exact) mass is 848 g/mol. The number of rotatable bonds is 8. The van der Waals surface area contributed by atoms with Crippen molar-refractivity contribution < 1.29 is 46.6 Å². The summed E-state index contributed by atoms with van der Waals surface area (Å²) in [6, 6.07) is 9.40. The zero-order valence-electron chi connectivity index (χ0n) is 33.5. The molecule has 4 heterocycles. The molecule has 19 heteroatoms. The van der Waals surface area contributed by atoms with Crippen LogP contribution in [0, 0.1) is 0 Å². The number of piperidine rings is 2. The van der Waals surface area contributed by atoms with E-state index in [4.69, 9.17) is 26.8 Å². The van der Waals surface area contributed by atoms with Gasteiger partial charge in [-0.2, -0.15) is 13.2 Å². The van der Waals surface area contributed by atoms with Crippen LogP contribution in [-0.4, -0.2) is 157 Å². The number of nitrogens with one attached hydrogen (secondary N) is 1. The molecule has 2 aromatic carbocycles. The van der Waals surface area contributed by atoms with Crippen molar-refractivity contribution in [3.8, 4) is 0 Å². The largest absolute Gasteiger partial charge is 0.439 e. The van der Waals surface area contributed by atoms with Crippen LogP contribution in [0.15, 0.2) is 36.4 Å². The normalized spacial score (nSPS) is 20.3. The lowest BCUT2D eigenvalue weighted by Crippen LogP contribution is -2.59. The number of alkyl halides is 3. The predicted octanol–water partition coefficient (Wildman–Crippen LogP) is 4.77. The number of piperazine rings is 1. The van der Waals surface area contributed by atoms with Crippen molar-refractivity contribution in [2.75, 3.05) is 84.1 Å². The van der Waals surface area contributed by atoms with Crippen molar-refractivity contribution in [2.45, 2.75) is 75.9 Å². The standard InChI is InChI=1S/C40H52ClF3N8O7/c1-25-23-50(38(56)58-24-34(53)47(2)3)18-19-51(25)28-9-13-48(14-10-28)36(54)33(22-26-20-30(40(42,43)44)35(45)31(41)21-26)59-39(57)49-15-11-29(12-16-49)52-17-8-27-6-4-5-7-32(27)46-37(52)55/h4-7,20-21,25,28-29,33H,8-19,22-24,45H2,1-3H3,(H,46,55). The van der Waals surface area contributed by atoms with E-state index in [1.807, 2.05) is 31.2 Å². The number of benzene rings is 2. The first kappa shape index (κ1) is 43.6. The van der Waals surface area contributed by atoms with Crippen LogP contribution >= 0.6 is 11.6 Å². The molecule has 3 saturated heterocycles. The summed E-state index contributed by atoms with van der Waals surface area (Å²) in [6.45, 7) is 4.63. The number of hydrogen-bond donors (Lipinski definition) is 2.